The number of carbonyl (C=O) groups excluding carboxylic acids is 2. The third kappa shape index (κ3) is 3.67. The number of nitrogens with zero attached hydrogens (tertiary/aromatic N) is 2. The SMILES string of the molecule is C[C@H]1[C@H](C(C)(C)F)[C@@H](CC(=O)N2CCC[C@H]2CO)O[C@]12C(=O)N(c1ccccc1)c1ccccc12. The van der Waals surface area contributed by atoms with Crippen molar-refractivity contribution in [3.05, 3.63) is 60.2 Å². The number of ether oxygens (including phenoxy) is 1. The lowest BCUT2D eigenvalue weighted by Gasteiger charge is -2.32. The number of hydrogen-bond acceptors (Lipinski definition) is 4. The Morgan fingerprint density at radius 2 is 1.86 bits per heavy atom. The van der Waals surface area contributed by atoms with Crippen LogP contribution in [-0.4, -0.2) is 52.8 Å². The largest absolute Gasteiger partial charge is 0.394 e. The molecule has 35 heavy (non-hydrogen) atoms. The van der Waals surface area contributed by atoms with Gasteiger partial charge in [0.25, 0.3) is 5.91 Å². The minimum atomic E-state index is -1.68. The van der Waals surface area contributed by atoms with Gasteiger partial charge in [-0.3, -0.25) is 14.5 Å². The molecular formula is C28H33FN2O4. The lowest BCUT2D eigenvalue weighted by Crippen LogP contribution is -2.44. The summed E-state index contributed by atoms with van der Waals surface area (Å²) < 4.78 is 22.4. The van der Waals surface area contributed by atoms with Crippen molar-refractivity contribution in [2.75, 3.05) is 18.1 Å². The topological polar surface area (TPSA) is 70.1 Å². The molecule has 3 heterocycles. The van der Waals surface area contributed by atoms with E-state index in [1.165, 1.54) is 13.8 Å². The molecule has 3 aliphatic heterocycles. The smallest absolute Gasteiger partial charge is 0.268 e. The van der Waals surface area contributed by atoms with Crippen LogP contribution in [0.15, 0.2) is 54.6 Å². The molecular weight excluding hydrogens is 447 g/mol. The minimum Gasteiger partial charge on any atom is -0.394 e. The summed E-state index contributed by atoms with van der Waals surface area (Å²) in [5, 5.41) is 9.68. The van der Waals surface area contributed by atoms with Crippen LogP contribution >= 0.6 is 0 Å². The van der Waals surface area contributed by atoms with Crippen LogP contribution in [0.1, 0.15) is 45.6 Å². The molecule has 0 saturated carbocycles. The molecule has 0 aromatic heterocycles. The molecule has 2 aromatic rings. The lowest BCUT2D eigenvalue weighted by atomic mass is 9.71. The van der Waals surface area contributed by atoms with E-state index in [-0.39, 0.29) is 30.9 Å². The van der Waals surface area contributed by atoms with Crippen LogP contribution < -0.4 is 4.90 Å². The number of rotatable bonds is 5. The predicted molar refractivity (Wildman–Crippen MR) is 131 cm³/mol. The van der Waals surface area contributed by atoms with Crippen molar-refractivity contribution in [1.82, 2.24) is 4.90 Å². The Bertz CT molecular complexity index is 1120. The highest BCUT2D eigenvalue weighted by molar-refractivity contribution is 6.12. The van der Waals surface area contributed by atoms with Gasteiger partial charge in [0, 0.05) is 29.6 Å². The number of likely N-dealkylation sites (tertiary alicyclic amines) is 1. The Balaban J connectivity index is 1.55. The summed E-state index contributed by atoms with van der Waals surface area (Å²) >= 11 is 0. The standard InChI is InChI=1S/C28H33FN2O4/c1-18-25(27(2,3)29)23(16-24(33)30-15-9-12-20(30)17-32)35-28(18)21-13-7-8-14-22(21)31(26(28)34)19-10-5-4-6-11-19/h4-8,10-11,13-14,18,20,23,25,32H,9,12,15-17H2,1-3H3/t18-,20-,23+,25-,28+/m0/s1. The van der Waals surface area contributed by atoms with E-state index < -0.39 is 29.2 Å². The maximum atomic E-state index is 15.8. The number of fused-ring (bicyclic) bond motifs is 2. The average Bonchev–Trinajstić information content (AvgIpc) is 3.49. The molecule has 7 heteroatoms. The van der Waals surface area contributed by atoms with E-state index in [0.29, 0.717) is 12.1 Å². The van der Waals surface area contributed by atoms with Crippen LogP contribution in [0.5, 0.6) is 0 Å². The molecule has 2 fully saturated rings. The van der Waals surface area contributed by atoms with E-state index in [0.717, 1.165) is 24.2 Å². The summed E-state index contributed by atoms with van der Waals surface area (Å²) in [6.07, 6.45) is 0.787. The Morgan fingerprint density at radius 3 is 2.54 bits per heavy atom. The molecule has 186 valence electrons. The third-order valence-corrected chi connectivity index (χ3v) is 8.07. The van der Waals surface area contributed by atoms with Gasteiger partial charge in [0.05, 0.1) is 30.9 Å². The van der Waals surface area contributed by atoms with Crippen molar-refractivity contribution in [2.24, 2.45) is 11.8 Å². The summed E-state index contributed by atoms with van der Waals surface area (Å²) in [6.45, 7) is 5.35. The fourth-order valence-electron chi connectivity index (χ4n) is 6.60. The minimum absolute atomic E-state index is 0.0264. The van der Waals surface area contributed by atoms with E-state index in [1.54, 1.807) is 9.80 Å². The Morgan fingerprint density at radius 1 is 1.17 bits per heavy atom. The van der Waals surface area contributed by atoms with Crippen LogP contribution in [0.2, 0.25) is 0 Å². The maximum Gasteiger partial charge on any atom is 0.268 e. The molecule has 1 N–H and O–H groups in total. The van der Waals surface area contributed by atoms with Gasteiger partial charge in [-0.05, 0) is 44.9 Å². The van der Waals surface area contributed by atoms with Gasteiger partial charge in [-0.15, -0.1) is 0 Å². The number of para-hydroxylation sites is 2. The molecule has 0 aliphatic carbocycles. The van der Waals surface area contributed by atoms with Gasteiger partial charge in [-0.25, -0.2) is 4.39 Å². The van der Waals surface area contributed by atoms with E-state index in [2.05, 4.69) is 0 Å². The molecule has 3 aliphatic rings. The summed E-state index contributed by atoms with van der Waals surface area (Å²) in [6, 6.07) is 16.7. The second kappa shape index (κ2) is 8.71. The van der Waals surface area contributed by atoms with Crippen molar-refractivity contribution in [3.8, 4) is 0 Å². The fourth-order valence-corrected chi connectivity index (χ4v) is 6.60. The highest BCUT2D eigenvalue weighted by Crippen LogP contribution is 2.59. The fraction of sp³-hybridized carbons (Fsp3) is 0.500. The first kappa shape index (κ1) is 23.9. The van der Waals surface area contributed by atoms with Gasteiger partial charge < -0.3 is 14.7 Å². The van der Waals surface area contributed by atoms with Crippen molar-refractivity contribution in [1.29, 1.82) is 0 Å². The van der Waals surface area contributed by atoms with Gasteiger partial charge in [-0.1, -0.05) is 43.3 Å². The van der Waals surface area contributed by atoms with Crippen molar-refractivity contribution >= 4 is 23.2 Å². The second-order valence-corrected chi connectivity index (χ2v) is 10.5. The summed E-state index contributed by atoms with van der Waals surface area (Å²) in [4.78, 5) is 30.8. The molecule has 0 bridgehead atoms. The van der Waals surface area contributed by atoms with Crippen LogP contribution in [0.3, 0.4) is 0 Å². The molecule has 2 aromatic carbocycles. The van der Waals surface area contributed by atoms with Gasteiger partial charge in [-0.2, -0.15) is 0 Å². The number of anilines is 2. The van der Waals surface area contributed by atoms with E-state index in [4.69, 9.17) is 4.74 Å². The highest BCUT2D eigenvalue weighted by Gasteiger charge is 2.66. The maximum absolute atomic E-state index is 15.8. The monoisotopic (exact) mass is 480 g/mol. The van der Waals surface area contributed by atoms with Crippen molar-refractivity contribution < 1.29 is 23.8 Å². The zero-order chi connectivity index (χ0) is 25.0. The van der Waals surface area contributed by atoms with Crippen molar-refractivity contribution in [2.45, 2.75) is 63.4 Å². The van der Waals surface area contributed by atoms with E-state index in [1.807, 2.05) is 61.5 Å². The Hall–Kier alpha value is -2.77. The summed E-state index contributed by atoms with van der Waals surface area (Å²) in [5.41, 5.74) is -0.911. The quantitative estimate of drug-likeness (QED) is 0.692. The lowest BCUT2D eigenvalue weighted by molar-refractivity contribution is -0.150. The number of halogens is 1. The Labute approximate surface area is 205 Å². The number of benzene rings is 2. The molecule has 5 rings (SSSR count). The van der Waals surface area contributed by atoms with Gasteiger partial charge in [0.15, 0.2) is 5.60 Å². The summed E-state index contributed by atoms with van der Waals surface area (Å²) in [7, 11) is 0. The number of hydrogen-bond donors (Lipinski definition) is 1. The molecule has 1 spiro atoms. The van der Waals surface area contributed by atoms with Crippen LogP contribution in [0.25, 0.3) is 0 Å². The van der Waals surface area contributed by atoms with E-state index >= 15 is 4.39 Å². The van der Waals surface area contributed by atoms with Gasteiger partial charge in [0.1, 0.15) is 5.67 Å². The predicted octanol–water partition coefficient (Wildman–Crippen LogP) is 4.33. The molecule has 5 atom stereocenters. The average molecular weight is 481 g/mol. The van der Waals surface area contributed by atoms with Gasteiger partial charge >= 0.3 is 0 Å². The zero-order valence-electron chi connectivity index (χ0n) is 20.5. The Kier molecular flexibility index (Phi) is 5.96. The van der Waals surface area contributed by atoms with Gasteiger partial charge in [0.2, 0.25) is 5.91 Å². The molecule has 2 amide bonds. The van der Waals surface area contributed by atoms with Crippen LogP contribution in [-0.2, 0) is 19.9 Å². The summed E-state index contributed by atoms with van der Waals surface area (Å²) in [5.74, 6) is -1.59. The first-order valence-electron chi connectivity index (χ1n) is 12.5. The van der Waals surface area contributed by atoms with E-state index in [9.17, 15) is 14.7 Å². The number of amides is 2. The van der Waals surface area contributed by atoms with Crippen molar-refractivity contribution in [3.63, 3.8) is 0 Å². The number of aliphatic hydroxyl groups excluding tert-OH is 1. The number of alkyl halides is 1. The molecule has 0 unspecified atom stereocenters. The molecule has 0 radical (unpaired) electrons. The van der Waals surface area contributed by atoms with Crippen LogP contribution in [0, 0.1) is 11.8 Å². The highest BCUT2D eigenvalue weighted by atomic mass is 19.1. The normalized spacial score (nSPS) is 30.4. The number of aliphatic hydroxyl groups is 1. The van der Waals surface area contributed by atoms with Crippen LogP contribution in [0.4, 0.5) is 15.8 Å². The zero-order valence-corrected chi connectivity index (χ0v) is 20.5. The first-order chi connectivity index (χ1) is 16.7. The second-order valence-electron chi connectivity index (χ2n) is 10.5. The molecule has 6 nitrogen and oxygen atoms in total. The first-order valence-corrected chi connectivity index (χ1v) is 12.5. The third-order valence-electron chi connectivity index (χ3n) is 8.07. The molecule has 2 saturated heterocycles. The number of carbonyl (C=O) groups is 2.